The van der Waals surface area contributed by atoms with E-state index in [4.69, 9.17) is 10.5 Å². The summed E-state index contributed by atoms with van der Waals surface area (Å²) >= 11 is 0. The molecule has 2 nitrogen and oxygen atoms in total. The Morgan fingerprint density at radius 3 is 3.07 bits per heavy atom. The Kier molecular flexibility index (Phi) is 2.68. The van der Waals surface area contributed by atoms with Crippen LogP contribution >= 0.6 is 0 Å². The highest BCUT2D eigenvalue weighted by molar-refractivity contribution is 5.48. The maximum atomic E-state index is 13.1. The predicted octanol–water partition coefficient (Wildman–Crippen LogP) is 1.99. The molecular formula is C11H14FNO. The van der Waals surface area contributed by atoms with E-state index in [9.17, 15) is 4.39 Å². The molecule has 2 rings (SSSR count). The minimum absolute atomic E-state index is 0.291. The smallest absolute Gasteiger partial charge is 0.146 e. The minimum atomic E-state index is -0.318. The van der Waals surface area contributed by atoms with Crippen molar-refractivity contribution in [2.45, 2.75) is 12.8 Å². The van der Waals surface area contributed by atoms with Crippen LogP contribution in [-0.4, -0.2) is 13.2 Å². The quantitative estimate of drug-likeness (QED) is 0.732. The van der Waals surface area contributed by atoms with Crippen LogP contribution in [0.5, 0.6) is 0 Å². The molecule has 1 fully saturated rings. The normalized spacial score (nSPS) is 21.4. The summed E-state index contributed by atoms with van der Waals surface area (Å²) in [6.07, 6.45) is 1.87. The van der Waals surface area contributed by atoms with Gasteiger partial charge in [-0.25, -0.2) is 4.39 Å². The Morgan fingerprint density at radius 1 is 1.50 bits per heavy atom. The van der Waals surface area contributed by atoms with Crippen LogP contribution in [0.2, 0.25) is 0 Å². The van der Waals surface area contributed by atoms with Crippen molar-refractivity contribution in [1.29, 1.82) is 0 Å². The van der Waals surface area contributed by atoms with Crippen molar-refractivity contribution < 1.29 is 9.13 Å². The number of anilines is 1. The first-order valence-electron chi connectivity index (χ1n) is 4.88. The summed E-state index contributed by atoms with van der Waals surface area (Å²) in [5.74, 6) is 0.181. The Hall–Kier alpha value is -1.09. The first kappa shape index (κ1) is 9.46. The molecule has 76 valence electrons. The molecule has 14 heavy (non-hydrogen) atoms. The number of nitrogen functional groups attached to an aromatic ring is 1. The zero-order chi connectivity index (χ0) is 9.97. The highest BCUT2D eigenvalue weighted by Gasteiger charge is 2.17. The molecule has 0 spiro atoms. The third kappa shape index (κ3) is 1.87. The first-order valence-corrected chi connectivity index (χ1v) is 4.88. The van der Waals surface area contributed by atoms with Gasteiger partial charge in [0.25, 0.3) is 0 Å². The van der Waals surface area contributed by atoms with E-state index in [-0.39, 0.29) is 5.82 Å². The Bertz CT molecular complexity index is 321. The summed E-state index contributed by atoms with van der Waals surface area (Å²) in [7, 11) is 0. The van der Waals surface area contributed by atoms with E-state index in [1.54, 1.807) is 6.07 Å². The minimum Gasteiger partial charge on any atom is -0.396 e. The van der Waals surface area contributed by atoms with Crippen LogP contribution in [0.4, 0.5) is 10.1 Å². The number of nitrogens with two attached hydrogens (primary N) is 1. The molecule has 0 aliphatic carbocycles. The average molecular weight is 195 g/mol. The summed E-state index contributed by atoms with van der Waals surface area (Å²) in [5, 5.41) is 0. The van der Waals surface area contributed by atoms with E-state index in [1.165, 1.54) is 6.07 Å². The van der Waals surface area contributed by atoms with Gasteiger partial charge >= 0.3 is 0 Å². The molecule has 1 unspecified atom stereocenters. The molecule has 1 aromatic carbocycles. The summed E-state index contributed by atoms with van der Waals surface area (Å²) in [6, 6.07) is 4.98. The maximum Gasteiger partial charge on any atom is 0.146 e. The van der Waals surface area contributed by atoms with Gasteiger partial charge in [-0.15, -0.1) is 0 Å². The lowest BCUT2D eigenvalue weighted by Crippen LogP contribution is -2.06. The first-order chi connectivity index (χ1) is 6.77. The number of rotatable bonds is 2. The van der Waals surface area contributed by atoms with Crippen LogP contribution in [0.25, 0.3) is 0 Å². The molecule has 3 heteroatoms. The Balaban J connectivity index is 2.11. The summed E-state index contributed by atoms with van der Waals surface area (Å²) in [6.45, 7) is 1.59. The van der Waals surface area contributed by atoms with Crippen molar-refractivity contribution >= 4 is 5.69 Å². The second-order valence-corrected chi connectivity index (χ2v) is 3.75. The second kappa shape index (κ2) is 3.96. The molecule has 0 saturated carbocycles. The molecule has 1 atom stereocenters. The number of ether oxygens (including phenoxy) is 1. The maximum absolute atomic E-state index is 13.1. The second-order valence-electron chi connectivity index (χ2n) is 3.75. The molecule has 1 heterocycles. The number of para-hydroxylation sites is 1. The lowest BCUT2D eigenvalue weighted by atomic mass is 9.97. The summed E-state index contributed by atoms with van der Waals surface area (Å²) in [5.41, 5.74) is 6.84. The number of benzene rings is 1. The van der Waals surface area contributed by atoms with Crippen molar-refractivity contribution in [2.24, 2.45) is 5.92 Å². The van der Waals surface area contributed by atoms with E-state index < -0.39 is 0 Å². The number of hydrogen-bond acceptors (Lipinski definition) is 2. The average Bonchev–Trinajstić information content (AvgIpc) is 2.66. The van der Waals surface area contributed by atoms with Crippen LogP contribution in [0, 0.1) is 11.7 Å². The largest absolute Gasteiger partial charge is 0.396 e. The van der Waals surface area contributed by atoms with Gasteiger partial charge in [0.15, 0.2) is 0 Å². The van der Waals surface area contributed by atoms with Crippen molar-refractivity contribution in [3.63, 3.8) is 0 Å². The fourth-order valence-electron chi connectivity index (χ4n) is 1.82. The van der Waals surface area contributed by atoms with Gasteiger partial charge in [0, 0.05) is 13.2 Å². The Morgan fingerprint density at radius 2 is 2.36 bits per heavy atom. The summed E-state index contributed by atoms with van der Waals surface area (Å²) < 4.78 is 18.4. The summed E-state index contributed by atoms with van der Waals surface area (Å²) in [4.78, 5) is 0. The van der Waals surface area contributed by atoms with E-state index in [2.05, 4.69) is 0 Å². The SMILES string of the molecule is Nc1c(F)cccc1CC1CCOC1. The third-order valence-corrected chi connectivity index (χ3v) is 2.68. The van der Waals surface area contributed by atoms with Crippen LogP contribution in [0.15, 0.2) is 18.2 Å². The van der Waals surface area contributed by atoms with Gasteiger partial charge in [-0.05, 0) is 30.4 Å². The third-order valence-electron chi connectivity index (χ3n) is 2.68. The number of halogens is 1. The van der Waals surface area contributed by atoms with Crippen molar-refractivity contribution in [3.05, 3.63) is 29.6 Å². The molecule has 0 aromatic heterocycles. The van der Waals surface area contributed by atoms with Gasteiger partial charge in [0.05, 0.1) is 5.69 Å². The molecule has 2 N–H and O–H groups in total. The van der Waals surface area contributed by atoms with E-state index in [0.717, 1.165) is 31.6 Å². The molecule has 1 aliphatic heterocycles. The Labute approximate surface area is 82.9 Å². The molecule has 1 saturated heterocycles. The number of hydrogen-bond donors (Lipinski definition) is 1. The molecule has 0 bridgehead atoms. The monoisotopic (exact) mass is 195 g/mol. The van der Waals surface area contributed by atoms with Crippen LogP contribution in [-0.2, 0) is 11.2 Å². The topological polar surface area (TPSA) is 35.2 Å². The highest BCUT2D eigenvalue weighted by Crippen LogP contribution is 2.23. The lowest BCUT2D eigenvalue weighted by Gasteiger charge is -2.10. The van der Waals surface area contributed by atoms with Crippen molar-refractivity contribution in [2.75, 3.05) is 18.9 Å². The predicted molar refractivity (Wildman–Crippen MR) is 53.4 cm³/mol. The zero-order valence-electron chi connectivity index (χ0n) is 8.00. The standard InChI is InChI=1S/C11H14FNO/c12-10-3-1-2-9(11(10)13)6-8-4-5-14-7-8/h1-3,8H,4-7,13H2. The fraction of sp³-hybridized carbons (Fsp3) is 0.455. The van der Waals surface area contributed by atoms with Gasteiger partial charge in [-0.2, -0.15) is 0 Å². The van der Waals surface area contributed by atoms with Crippen molar-refractivity contribution in [3.8, 4) is 0 Å². The van der Waals surface area contributed by atoms with Crippen LogP contribution < -0.4 is 5.73 Å². The van der Waals surface area contributed by atoms with E-state index in [0.29, 0.717) is 11.6 Å². The molecular weight excluding hydrogens is 181 g/mol. The van der Waals surface area contributed by atoms with Gasteiger partial charge in [-0.3, -0.25) is 0 Å². The van der Waals surface area contributed by atoms with Crippen molar-refractivity contribution in [1.82, 2.24) is 0 Å². The highest BCUT2D eigenvalue weighted by atomic mass is 19.1. The van der Waals surface area contributed by atoms with E-state index >= 15 is 0 Å². The zero-order valence-corrected chi connectivity index (χ0v) is 8.00. The molecule has 1 aromatic rings. The fourth-order valence-corrected chi connectivity index (χ4v) is 1.82. The van der Waals surface area contributed by atoms with Gasteiger partial charge in [0.1, 0.15) is 5.82 Å². The van der Waals surface area contributed by atoms with Crippen LogP contribution in [0.1, 0.15) is 12.0 Å². The molecule has 1 aliphatic rings. The molecule has 0 amide bonds. The van der Waals surface area contributed by atoms with Gasteiger partial charge < -0.3 is 10.5 Å². The van der Waals surface area contributed by atoms with E-state index in [1.807, 2.05) is 6.07 Å². The van der Waals surface area contributed by atoms with Crippen LogP contribution in [0.3, 0.4) is 0 Å². The molecule has 0 radical (unpaired) electrons. The lowest BCUT2D eigenvalue weighted by molar-refractivity contribution is 0.186. The van der Waals surface area contributed by atoms with Gasteiger partial charge in [0.2, 0.25) is 0 Å². The van der Waals surface area contributed by atoms with Gasteiger partial charge in [-0.1, -0.05) is 12.1 Å².